The van der Waals surface area contributed by atoms with Gasteiger partial charge in [0.05, 0.1) is 31.8 Å². The summed E-state index contributed by atoms with van der Waals surface area (Å²) in [5.41, 5.74) is 5.38. The molecule has 69 heavy (non-hydrogen) atoms. The minimum absolute atomic E-state index is 0.00991. The number of fused-ring (bicyclic) bond motifs is 9. The fourth-order valence-electron chi connectivity index (χ4n) is 10.8. The summed E-state index contributed by atoms with van der Waals surface area (Å²) in [5.74, 6) is 4.44. The summed E-state index contributed by atoms with van der Waals surface area (Å²) in [7, 11) is 0. The van der Waals surface area contributed by atoms with Crippen molar-refractivity contribution in [1.29, 1.82) is 0 Å². The van der Waals surface area contributed by atoms with E-state index in [0.717, 1.165) is 28.7 Å². The summed E-state index contributed by atoms with van der Waals surface area (Å²) < 4.78 is 31.5. The average molecular weight is 935 g/mol. The van der Waals surface area contributed by atoms with Crippen molar-refractivity contribution in [2.24, 2.45) is 5.92 Å². The molecule has 1 aromatic heterocycles. The first-order valence-corrected chi connectivity index (χ1v) is 23.8. The molecule has 0 spiro atoms. The van der Waals surface area contributed by atoms with Gasteiger partial charge in [0, 0.05) is 53.7 Å². The molecule has 1 aliphatic carbocycles. The fraction of sp³-hybridized carbons (Fsp3) is 0.386. The van der Waals surface area contributed by atoms with Crippen LogP contribution in [0.4, 0.5) is 0 Å². The molecular formula is C57H58O12. The number of aryl methyl sites for hydroxylation is 1. The van der Waals surface area contributed by atoms with Crippen LogP contribution in [0.1, 0.15) is 120 Å². The molecule has 5 aromatic rings. The molecule has 5 bridgehead atoms. The normalized spacial score (nSPS) is 24.3. The lowest BCUT2D eigenvalue weighted by Crippen LogP contribution is -2.54. The van der Waals surface area contributed by atoms with Crippen LogP contribution in [0.5, 0.6) is 5.75 Å². The molecule has 3 aliphatic heterocycles. The molecule has 7 atom stereocenters. The topological polar surface area (TPSA) is 182 Å². The number of esters is 2. The van der Waals surface area contributed by atoms with Gasteiger partial charge in [-0.1, -0.05) is 96.8 Å². The van der Waals surface area contributed by atoms with E-state index in [-0.39, 0.29) is 90.2 Å². The van der Waals surface area contributed by atoms with Crippen molar-refractivity contribution in [3.05, 3.63) is 169 Å². The standard InChI is InChI=1S/C57H58O12/c1-34(30-59)43-17-14-36-15-18-44-40(26-36)12-6-7-23-57(2)54(68-55(43)63)53(51-48(69-57)21-20-46-47(31-60)50(56(64)67-52(46)51)41(22-24-58)32-65-33-61)66-49(62)29-42-28-39(16-19-45(42)44)38-13-8-11-37(27-38)25-35-9-4-3-5-10-35/h3-5,8-11,13,15-16,18-21,26-27,39,41-42,45,53-54,58-61H,12,14,17,22-25,28-33H2,1-2H3. The molecule has 12 nitrogen and oxygen atoms in total. The number of benzene rings is 4. The Labute approximate surface area is 401 Å². The first-order chi connectivity index (χ1) is 33.5. The third-order valence-corrected chi connectivity index (χ3v) is 14.4. The van der Waals surface area contributed by atoms with Gasteiger partial charge in [0.15, 0.2) is 17.8 Å². The lowest BCUT2D eigenvalue weighted by Gasteiger charge is -2.45. The van der Waals surface area contributed by atoms with E-state index in [1.807, 2.05) is 18.2 Å². The number of rotatable bonds is 11. The van der Waals surface area contributed by atoms with Crippen molar-refractivity contribution in [3.8, 4) is 17.6 Å². The molecule has 358 valence electrons. The second kappa shape index (κ2) is 20.7. The highest BCUT2D eigenvalue weighted by atomic mass is 16.6. The van der Waals surface area contributed by atoms with Crippen LogP contribution in [-0.4, -0.2) is 70.7 Å². The Morgan fingerprint density at radius 2 is 1.72 bits per heavy atom. The Morgan fingerprint density at radius 3 is 2.51 bits per heavy atom. The predicted molar refractivity (Wildman–Crippen MR) is 257 cm³/mol. The molecule has 0 fully saturated rings. The summed E-state index contributed by atoms with van der Waals surface area (Å²) in [6, 6.07) is 28.6. The maximum Gasteiger partial charge on any atom is 0.340 e. The minimum atomic E-state index is -1.43. The molecular weight excluding hydrogens is 877 g/mol. The summed E-state index contributed by atoms with van der Waals surface area (Å²) in [4.78, 5) is 44.0. The number of aliphatic hydroxyl groups is 4. The minimum Gasteiger partial charge on any atom is -0.482 e. The van der Waals surface area contributed by atoms with Crippen LogP contribution in [0.25, 0.3) is 11.0 Å². The van der Waals surface area contributed by atoms with Gasteiger partial charge >= 0.3 is 17.6 Å². The van der Waals surface area contributed by atoms with Gasteiger partial charge in [0.25, 0.3) is 0 Å². The Bertz CT molecular complexity index is 2920. The summed E-state index contributed by atoms with van der Waals surface area (Å²) in [6.45, 7) is 1.34. The first-order valence-electron chi connectivity index (χ1n) is 23.8. The number of carbonyl (C=O) groups excluding carboxylic acids is 2. The van der Waals surface area contributed by atoms with Gasteiger partial charge in [-0.15, -0.1) is 0 Å². The lowest BCUT2D eigenvalue weighted by molar-refractivity contribution is -0.190. The maximum atomic E-state index is 15.1. The molecule has 12 heteroatoms. The number of hydrogen-bond donors (Lipinski definition) is 4. The van der Waals surface area contributed by atoms with Crippen LogP contribution < -0.4 is 10.4 Å². The fourth-order valence-corrected chi connectivity index (χ4v) is 10.8. The zero-order valence-electron chi connectivity index (χ0n) is 38.9. The lowest BCUT2D eigenvalue weighted by atomic mass is 9.71. The van der Waals surface area contributed by atoms with Crippen LogP contribution >= 0.6 is 0 Å². The quantitative estimate of drug-likeness (QED) is 0.0254. The van der Waals surface area contributed by atoms with Gasteiger partial charge < -0.3 is 43.8 Å². The van der Waals surface area contributed by atoms with E-state index in [9.17, 15) is 30.0 Å². The zero-order chi connectivity index (χ0) is 48.2. The number of ether oxygens (including phenoxy) is 4. The van der Waals surface area contributed by atoms with E-state index in [0.29, 0.717) is 30.2 Å². The van der Waals surface area contributed by atoms with Crippen LogP contribution in [0.15, 0.2) is 117 Å². The second-order valence-corrected chi connectivity index (χ2v) is 18.9. The molecule has 4 N–H and O–H groups in total. The van der Waals surface area contributed by atoms with Gasteiger partial charge in [0.2, 0.25) is 0 Å². The highest BCUT2D eigenvalue weighted by Crippen LogP contribution is 2.50. The van der Waals surface area contributed by atoms with Gasteiger partial charge in [-0.05, 0) is 109 Å². The smallest absolute Gasteiger partial charge is 0.340 e. The third kappa shape index (κ3) is 9.80. The van der Waals surface area contributed by atoms with Crippen molar-refractivity contribution in [3.63, 3.8) is 0 Å². The van der Waals surface area contributed by atoms with Gasteiger partial charge in [-0.3, -0.25) is 4.79 Å². The van der Waals surface area contributed by atoms with Crippen molar-refractivity contribution in [2.75, 3.05) is 26.6 Å². The molecule has 9 rings (SSSR count). The number of carbonyl (C=O) groups is 2. The molecule has 4 aliphatic rings. The van der Waals surface area contributed by atoms with Gasteiger partial charge in [-0.2, -0.15) is 0 Å². The van der Waals surface area contributed by atoms with Crippen molar-refractivity contribution < 1.29 is 53.4 Å². The average Bonchev–Trinajstić information content (AvgIpc) is 3.34. The highest BCUT2D eigenvalue weighted by molar-refractivity contribution is 5.90. The number of allylic oxidation sites excluding steroid dienone is 2. The second-order valence-electron chi connectivity index (χ2n) is 18.9. The molecule has 0 saturated carbocycles. The number of aliphatic hydroxyl groups excluding tert-OH is 4. The van der Waals surface area contributed by atoms with Crippen molar-refractivity contribution in [1.82, 2.24) is 0 Å². The third-order valence-electron chi connectivity index (χ3n) is 14.4. The van der Waals surface area contributed by atoms with Crippen molar-refractivity contribution in [2.45, 2.75) is 107 Å². The molecule has 0 amide bonds. The summed E-state index contributed by atoms with van der Waals surface area (Å²) >= 11 is 0. The Hall–Kier alpha value is -6.33. The molecule has 0 saturated heterocycles. The molecule has 4 heterocycles. The molecule has 0 radical (unpaired) electrons. The van der Waals surface area contributed by atoms with Crippen molar-refractivity contribution >= 4 is 22.9 Å². The van der Waals surface area contributed by atoms with Crippen LogP contribution in [0.2, 0.25) is 0 Å². The Morgan fingerprint density at radius 1 is 0.899 bits per heavy atom. The Balaban J connectivity index is 1.21. The van der Waals surface area contributed by atoms with Gasteiger partial charge in [0.1, 0.15) is 18.1 Å². The molecule has 4 aromatic carbocycles. The van der Waals surface area contributed by atoms with Gasteiger partial charge in [-0.25, -0.2) is 9.59 Å². The highest BCUT2D eigenvalue weighted by Gasteiger charge is 2.53. The zero-order valence-corrected chi connectivity index (χ0v) is 38.9. The number of hydrogen-bond acceptors (Lipinski definition) is 12. The SMILES string of the molecule is CC(CO)=C1CCc2ccc3c(c2)CC#CCC2(C)Oc4ccc5c(CO)c(C(CCO)COCO)c(=O)oc5c4C(OC(=O)CC4CC(c5cccc(Cc6ccccc6)c5)C=CC34)C2OC1=O. The predicted octanol–water partition coefficient (Wildman–Crippen LogP) is 7.69. The van der Waals surface area contributed by atoms with E-state index in [2.05, 4.69) is 78.6 Å². The maximum absolute atomic E-state index is 15.1. The summed E-state index contributed by atoms with van der Waals surface area (Å²) in [6.07, 6.45) is 4.34. The van der Waals surface area contributed by atoms with E-state index < -0.39 is 61.3 Å². The largest absolute Gasteiger partial charge is 0.482 e. The Kier molecular flexibility index (Phi) is 14.3. The van der Waals surface area contributed by atoms with E-state index in [1.54, 1.807) is 26.0 Å². The first kappa shape index (κ1) is 47.7. The van der Waals surface area contributed by atoms with E-state index in [1.165, 1.54) is 11.1 Å². The van der Waals surface area contributed by atoms with Crippen LogP contribution in [0, 0.1) is 17.8 Å². The summed E-state index contributed by atoms with van der Waals surface area (Å²) in [5, 5.41) is 41.1. The van der Waals surface area contributed by atoms with Crippen LogP contribution in [0.3, 0.4) is 0 Å². The van der Waals surface area contributed by atoms with E-state index >= 15 is 4.79 Å². The van der Waals surface area contributed by atoms with Crippen LogP contribution in [-0.2, 0) is 49.7 Å². The van der Waals surface area contributed by atoms with E-state index in [4.69, 9.17) is 23.4 Å². The monoisotopic (exact) mass is 934 g/mol. The molecule has 7 unspecified atom stereocenters.